The van der Waals surface area contributed by atoms with Gasteiger partial charge in [-0.25, -0.2) is 4.98 Å². The maximum Gasteiger partial charge on any atom is 0.276 e. The van der Waals surface area contributed by atoms with E-state index < -0.39 is 5.91 Å². The number of aliphatic hydroxyl groups excluding tert-OH is 1. The molecular weight excluding hydrogens is 246 g/mol. The number of amides is 1. The Morgan fingerprint density at radius 3 is 3.11 bits per heavy atom. The molecule has 0 unspecified atom stereocenters. The van der Waals surface area contributed by atoms with Gasteiger partial charge in [-0.05, 0) is 12.1 Å². The summed E-state index contributed by atoms with van der Waals surface area (Å²) in [6, 6.07) is 4.91. The van der Waals surface area contributed by atoms with Crippen LogP contribution in [0.25, 0.3) is 0 Å². The van der Waals surface area contributed by atoms with Crippen LogP contribution in [0.4, 0.5) is 5.82 Å². The van der Waals surface area contributed by atoms with E-state index in [4.69, 9.17) is 5.11 Å². The molecule has 1 amide bonds. The zero-order valence-corrected chi connectivity index (χ0v) is 9.96. The molecule has 2 N–H and O–H groups in total. The molecule has 0 atom stereocenters. The van der Waals surface area contributed by atoms with Gasteiger partial charge in [-0.3, -0.25) is 4.79 Å². The first-order valence-electron chi connectivity index (χ1n) is 5.57. The Morgan fingerprint density at radius 1 is 1.47 bits per heavy atom. The molecular formula is C13H11N3O3. The maximum atomic E-state index is 12.0. The molecule has 0 spiro atoms. The van der Waals surface area contributed by atoms with Crippen LogP contribution in [-0.2, 0) is 0 Å². The Kier molecular flexibility index (Phi) is 4.26. The summed E-state index contributed by atoms with van der Waals surface area (Å²) in [6.45, 7) is -0.0201. The predicted molar refractivity (Wildman–Crippen MR) is 67.3 cm³/mol. The van der Waals surface area contributed by atoms with Gasteiger partial charge in [0.25, 0.3) is 5.91 Å². The minimum Gasteiger partial charge on any atom is -0.395 e. The summed E-state index contributed by atoms with van der Waals surface area (Å²) in [7, 11) is 0. The zero-order valence-electron chi connectivity index (χ0n) is 9.96. The van der Waals surface area contributed by atoms with Crippen molar-refractivity contribution in [1.29, 1.82) is 0 Å². The van der Waals surface area contributed by atoms with Gasteiger partial charge < -0.3 is 14.9 Å². The standard InChI is InChI=1S/C13H11N3O3/c17-8-2-1-4-10-5-3-7-14-12(10)13(18)15-11-6-9-19-16-11/h3,5-7,9,17H,2,8H2,(H,15,16,18). The van der Waals surface area contributed by atoms with Crippen molar-refractivity contribution < 1.29 is 14.4 Å². The summed E-state index contributed by atoms with van der Waals surface area (Å²) in [5.41, 5.74) is 0.702. The molecule has 6 heteroatoms. The van der Waals surface area contributed by atoms with Gasteiger partial charge in [0.1, 0.15) is 12.0 Å². The van der Waals surface area contributed by atoms with E-state index in [-0.39, 0.29) is 12.3 Å². The van der Waals surface area contributed by atoms with Gasteiger partial charge in [-0.1, -0.05) is 17.0 Å². The average molecular weight is 257 g/mol. The monoisotopic (exact) mass is 257 g/mol. The maximum absolute atomic E-state index is 12.0. The van der Waals surface area contributed by atoms with E-state index >= 15 is 0 Å². The van der Waals surface area contributed by atoms with Crippen molar-refractivity contribution in [2.45, 2.75) is 6.42 Å². The number of rotatable bonds is 3. The lowest BCUT2D eigenvalue weighted by atomic mass is 10.2. The van der Waals surface area contributed by atoms with Gasteiger partial charge in [0, 0.05) is 18.7 Å². The van der Waals surface area contributed by atoms with Crippen LogP contribution in [-0.4, -0.2) is 27.8 Å². The number of pyridine rings is 1. The van der Waals surface area contributed by atoms with Gasteiger partial charge in [0.15, 0.2) is 5.82 Å². The third kappa shape index (κ3) is 3.40. The summed E-state index contributed by atoms with van der Waals surface area (Å²) in [5, 5.41) is 14.8. The topological polar surface area (TPSA) is 88.3 Å². The van der Waals surface area contributed by atoms with Gasteiger partial charge in [-0.2, -0.15) is 0 Å². The van der Waals surface area contributed by atoms with Crippen molar-refractivity contribution in [2.24, 2.45) is 0 Å². The van der Waals surface area contributed by atoms with Gasteiger partial charge >= 0.3 is 0 Å². The number of nitrogens with zero attached hydrogens (tertiary/aromatic N) is 2. The van der Waals surface area contributed by atoms with Crippen LogP contribution < -0.4 is 5.32 Å². The van der Waals surface area contributed by atoms with Crippen LogP contribution in [0, 0.1) is 11.8 Å². The number of hydrogen-bond acceptors (Lipinski definition) is 5. The third-order valence-corrected chi connectivity index (χ3v) is 2.16. The van der Waals surface area contributed by atoms with Crippen LogP contribution in [0.5, 0.6) is 0 Å². The fourth-order valence-electron chi connectivity index (χ4n) is 1.35. The van der Waals surface area contributed by atoms with Crippen molar-refractivity contribution >= 4 is 11.7 Å². The van der Waals surface area contributed by atoms with Crippen LogP contribution in [0.2, 0.25) is 0 Å². The molecule has 0 aliphatic heterocycles. The highest BCUT2D eigenvalue weighted by Crippen LogP contribution is 2.08. The second-order valence-corrected chi connectivity index (χ2v) is 3.51. The molecule has 0 bridgehead atoms. The van der Waals surface area contributed by atoms with E-state index in [2.05, 4.69) is 31.8 Å². The quantitative estimate of drug-likeness (QED) is 0.802. The molecule has 0 saturated heterocycles. The number of carbonyl (C=O) groups is 1. The van der Waals surface area contributed by atoms with Crippen LogP contribution >= 0.6 is 0 Å². The molecule has 0 radical (unpaired) electrons. The second-order valence-electron chi connectivity index (χ2n) is 3.51. The van der Waals surface area contributed by atoms with E-state index in [9.17, 15) is 4.79 Å². The van der Waals surface area contributed by atoms with E-state index in [1.165, 1.54) is 18.5 Å². The van der Waals surface area contributed by atoms with Gasteiger partial charge in [-0.15, -0.1) is 0 Å². The summed E-state index contributed by atoms with van der Waals surface area (Å²) in [4.78, 5) is 16.0. The Labute approximate surface area is 109 Å². The second kappa shape index (κ2) is 6.33. The highest BCUT2D eigenvalue weighted by Gasteiger charge is 2.12. The lowest BCUT2D eigenvalue weighted by molar-refractivity contribution is 0.102. The number of aromatic nitrogens is 2. The van der Waals surface area contributed by atoms with Crippen molar-refractivity contribution in [2.75, 3.05) is 11.9 Å². The Hall–Kier alpha value is -2.65. The average Bonchev–Trinajstić information content (AvgIpc) is 2.92. The van der Waals surface area contributed by atoms with Crippen LogP contribution in [0.1, 0.15) is 22.5 Å². The highest BCUT2D eigenvalue weighted by molar-refractivity contribution is 6.03. The number of hydrogen-bond donors (Lipinski definition) is 2. The minimum atomic E-state index is -0.414. The van der Waals surface area contributed by atoms with E-state index in [0.29, 0.717) is 17.8 Å². The largest absolute Gasteiger partial charge is 0.395 e. The first-order valence-corrected chi connectivity index (χ1v) is 5.57. The van der Waals surface area contributed by atoms with E-state index in [0.717, 1.165) is 0 Å². The number of carbonyl (C=O) groups excluding carboxylic acids is 1. The molecule has 2 aromatic heterocycles. The minimum absolute atomic E-state index is 0.0201. The lowest BCUT2D eigenvalue weighted by Crippen LogP contribution is -2.15. The fourth-order valence-corrected chi connectivity index (χ4v) is 1.35. The molecule has 0 aromatic carbocycles. The molecule has 0 aliphatic carbocycles. The van der Waals surface area contributed by atoms with Crippen molar-refractivity contribution in [3.8, 4) is 11.8 Å². The number of nitrogens with one attached hydrogen (secondary N) is 1. The third-order valence-electron chi connectivity index (χ3n) is 2.16. The zero-order chi connectivity index (χ0) is 13.5. The van der Waals surface area contributed by atoms with Crippen molar-refractivity contribution in [3.05, 3.63) is 41.9 Å². The highest BCUT2D eigenvalue weighted by atomic mass is 16.5. The first kappa shape index (κ1) is 12.8. The number of aliphatic hydroxyl groups is 1. The van der Waals surface area contributed by atoms with Crippen molar-refractivity contribution in [3.63, 3.8) is 0 Å². The molecule has 2 heterocycles. The number of anilines is 1. The SMILES string of the molecule is O=C(Nc1ccon1)c1ncccc1C#CCCO. The molecule has 0 saturated carbocycles. The smallest absolute Gasteiger partial charge is 0.276 e. The van der Waals surface area contributed by atoms with Crippen LogP contribution in [0.3, 0.4) is 0 Å². The fraction of sp³-hybridized carbons (Fsp3) is 0.154. The molecule has 0 aliphatic rings. The Balaban J connectivity index is 2.20. The Bertz CT molecular complexity index is 612. The van der Waals surface area contributed by atoms with E-state index in [1.807, 2.05) is 0 Å². The first-order chi connectivity index (χ1) is 9.31. The van der Waals surface area contributed by atoms with Gasteiger partial charge in [0.2, 0.25) is 0 Å². The molecule has 6 nitrogen and oxygen atoms in total. The van der Waals surface area contributed by atoms with Crippen molar-refractivity contribution in [1.82, 2.24) is 10.1 Å². The normalized spacial score (nSPS) is 9.53. The van der Waals surface area contributed by atoms with Crippen LogP contribution in [0.15, 0.2) is 35.2 Å². The molecule has 2 aromatic rings. The Morgan fingerprint density at radius 2 is 2.37 bits per heavy atom. The summed E-state index contributed by atoms with van der Waals surface area (Å²) >= 11 is 0. The predicted octanol–water partition coefficient (Wildman–Crippen LogP) is 1.06. The summed E-state index contributed by atoms with van der Waals surface area (Å²) in [6.07, 6.45) is 3.21. The molecule has 96 valence electrons. The van der Waals surface area contributed by atoms with Gasteiger partial charge in [0.05, 0.1) is 12.2 Å². The molecule has 2 rings (SSSR count). The molecule has 19 heavy (non-hydrogen) atoms. The van der Waals surface area contributed by atoms with E-state index in [1.54, 1.807) is 12.1 Å². The lowest BCUT2D eigenvalue weighted by Gasteiger charge is -2.02. The molecule has 0 fully saturated rings. The summed E-state index contributed by atoms with van der Waals surface area (Å²) in [5.74, 6) is 5.44. The summed E-state index contributed by atoms with van der Waals surface area (Å²) < 4.78 is 4.62.